The van der Waals surface area contributed by atoms with Gasteiger partial charge in [0.25, 0.3) is 5.91 Å². The number of hydrogen-bond donors (Lipinski definition) is 1. The minimum Gasteiger partial charge on any atom is -0.352 e. The number of carbonyl (C=O) groups excluding carboxylic acids is 1. The van der Waals surface area contributed by atoms with Crippen LogP contribution < -0.4 is 5.32 Å². The minimum absolute atomic E-state index is 0.00337. The van der Waals surface area contributed by atoms with E-state index in [2.05, 4.69) is 12.2 Å². The lowest BCUT2D eigenvalue weighted by Crippen LogP contribution is -2.24. The third kappa shape index (κ3) is 12.4. The van der Waals surface area contributed by atoms with E-state index in [1.54, 1.807) is 24.3 Å². The van der Waals surface area contributed by atoms with Gasteiger partial charge in [0.15, 0.2) is 0 Å². The number of rotatable bonds is 16. The van der Waals surface area contributed by atoms with Crippen molar-refractivity contribution in [3.05, 3.63) is 34.9 Å². The molecule has 3 heteroatoms. The smallest absolute Gasteiger partial charge is 0.251 e. The summed E-state index contributed by atoms with van der Waals surface area (Å²) in [6.45, 7) is 3.04. The van der Waals surface area contributed by atoms with E-state index in [4.69, 9.17) is 11.6 Å². The predicted octanol–water partition coefficient (Wildman–Crippen LogP) is 7.55. The molecule has 1 aromatic rings. The van der Waals surface area contributed by atoms with E-state index in [9.17, 15) is 4.79 Å². The number of hydrogen-bond acceptors (Lipinski definition) is 1. The number of benzene rings is 1. The Morgan fingerprint density at radius 2 is 1.15 bits per heavy atom. The number of halogens is 1. The van der Waals surface area contributed by atoms with E-state index in [1.165, 1.54) is 83.5 Å². The van der Waals surface area contributed by atoms with Gasteiger partial charge in [0, 0.05) is 17.1 Å². The van der Waals surface area contributed by atoms with Crippen LogP contribution in [0.4, 0.5) is 0 Å². The Morgan fingerprint density at radius 3 is 1.62 bits per heavy atom. The molecule has 0 saturated carbocycles. The van der Waals surface area contributed by atoms with Crippen LogP contribution in [0.25, 0.3) is 0 Å². The molecule has 26 heavy (non-hydrogen) atoms. The first-order valence-electron chi connectivity index (χ1n) is 10.8. The molecule has 0 aliphatic heterocycles. The summed E-state index contributed by atoms with van der Waals surface area (Å²) < 4.78 is 0. The third-order valence-electron chi connectivity index (χ3n) is 4.92. The summed E-state index contributed by atoms with van der Waals surface area (Å²) in [6, 6.07) is 7.04. The molecular weight excluding hydrogens is 342 g/mol. The van der Waals surface area contributed by atoms with E-state index < -0.39 is 0 Å². The molecule has 0 aliphatic carbocycles. The molecule has 0 fully saturated rings. The van der Waals surface area contributed by atoms with Gasteiger partial charge in [-0.05, 0) is 30.7 Å². The van der Waals surface area contributed by atoms with Gasteiger partial charge in [-0.25, -0.2) is 0 Å². The second kappa shape index (κ2) is 16.2. The molecule has 0 aliphatic rings. The van der Waals surface area contributed by atoms with Crippen molar-refractivity contribution in [2.75, 3.05) is 6.54 Å². The molecule has 0 spiro atoms. The highest BCUT2D eigenvalue weighted by Crippen LogP contribution is 2.13. The van der Waals surface area contributed by atoms with E-state index in [1.807, 2.05) is 0 Å². The van der Waals surface area contributed by atoms with E-state index in [0.29, 0.717) is 10.6 Å². The normalized spacial score (nSPS) is 10.8. The number of unbranched alkanes of at least 4 members (excludes halogenated alkanes) is 13. The van der Waals surface area contributed by atoms with E-state index in [-0.39, 0.29) is 5.91 Å². The fraction of sp³-hybridized carbons (Fsp3) is 0.696. The molecule has 0 bridgehead atoms. The zero-order valence-corrected chi connectivity index (χ0v) is 17.5. The molecule has 0 radical (unpaired) electrons. The summed E-state index contributed by atoms with van der Waals surface area (Å²) in [5.74, 6) is -0.00337. The molecule has 1 aromatic carbocycles. The summed E-state index contributed by atoms with van der Waals surface area (Å²) in [4.78, 5) is 11.9. The van der Waals surface area contributed by atoms with Gasteiger partial charge in [0.05, 0.1) is 0 Å². The van der Waals surface area contributed by atoms with Crippen molar-refractivity contribution >= 4 is 17.5 Å². The molecular formula is C23H38ClNO. The van der Waals surface area contributed by atoms with Gasteiger partial charge in [-0.1, -0.05) is 102 Å². The van der Waals surface area contributed by atoms with Crippen molar-refractivity contribution in [1.82, 2.24) is 5.32 Å². The Hall–Kier alpha value is -1.02. The number of carbonyl (C=O) groups is 1. The standard InChI is InChI=1S/C23H38ClNO/c1-2-3-4-5-6-7-8-9-10-11-12-13-14-15-20-25-23(26)21-16-18-22(24)19-17-21/h16-19H,2-15,20H2,1H3,(H,25,26). The van der Waals surface area contributed by atoms with Gasteiger partial charge < -0.3 is 5.32 Å². The van der Waals surface area contributed by atoms with Crippen molar-refractivity contribution in [3.8, 4) is 0 Å². The van der Waals surface area contributed by atoms with Crippen molar-refractivity contribution in [1.29, 1.82) is 0 Å². The summed E-state index contributed by atoms with van der Waals surface area (Å²) in [6.07, 6.45) is 18.9. The Morgan fingerprint density at radius 1 is 0.731 bits per heavy atom. The minimum atomic E-state index is -0.00337. The molecule has 0 unspecified atom stereocenters. The summed E-state index contributed by atoms with van der Waals surface area (Å²) in [7, 11) is 0. The van der Waals surface area contributed by atoms with Crippen LogP contribution in [0.15, 0.2) is 24.3 Å². The molecule has 1 rings (SSSR count). The van der Waals surface area contributed by atoms with Crippen LogP contribution in [-0.2, 0) is 0 Å². The maximum absolute atomic E-state index is 11.9. The molecule has 148 valence electrons. The summed E-state index contributed by atoms with van der Waals surface area (Å²) >= 11 is 5.83. The van der Waals surface area contributed by atoms with Crippen LogP contribution in [0.3, 0.4) is 0 Å². The zero-order chi connectivity index (χ0) is 18.9. The first kappa shape index (κ1) is 23.0. The molecule has 1 amide bonds. The Kier molecular flexibility index (Phi) is 14.3. The van der Waals surface area contributed by atoms with E-state index >= 15 is 0 Å². The van der Waals surface area contributed by atoms with Crippen molar-refractivity contribution in [2.24, 2.45) is 0 Å². The van der Waals surface area contributed by atoms with E-state index in [0.717, 1.165) is 13.0 Å². The van der Waals surface area contributed by atoms with Crippen LogP contribution in [0.1, 0.15) is 107 Å². The first-order valence-corrected chi connectivity index (χ1v) is 11.2. The van der Waals surface area contributed by atoms with Crippen molar-refractivity contribution < 1.29 is 4.79 Å². The Labute approximate surface area is 166 Å². The van der Waals surface area contributed by atoms with Crippen LogP contribution in [0, 0.1) is 0 Å². The van der Waals surface area contributed by atoms with Gasteiger partial charge in [-0.15, -0.1) is 0 Å². The molecule has 0 atom stereocenters. The largest absolute Gasteiger partial charge is 0.352 e. The van der Waals surface area contributed by atoms with Crippen LogP contribution in [0.5, 0.6) is 0 Å². The lowest BCUT2D eigenvalue weighted by molar-refractivity contribution is 0.0953. The maximum atomic E-state index is 11.9. The Bertz CT molecular complexity index is 458. The summed E-state index contributed by atoms with van der Waals surface area (Å²) in [5.41, 5.74) is 0.680. The quantitative estimate of drug-likeness (QED) is 0.295. The number of amides is 1. The van der Waals surface area contributed by atoms with Gasteiger partial charge in [0.1, 0.15) is 0 Å². The maximum Gasteiger partial charge on any atom is 0.251 e. The SMILES string of the molecule is CCCCCCCCCCCCCCCCNC(=O)c1ccc(Cl)cc1. The highest BCUT2D eigenvalue weighted by molar-refractivity contribution is 6.30. The molecule has 0 aromatic heterocycles. The second-order valence-electron chi connectivity index (χ2n) is 7.36. The predicted molar refractivity (Wildman–Crippen MR) is 114 cm³/mol. The Balaban J connectivity index is 1.82. The highest BCUT2D eigenvalue weighted by Gasteiger charge is 2.03. The lowest BCUT2D eigenvalue weighted by atomic mass is 10.0. The zero-order valence-electron chi connectivity index (χ0n) is 16.7. The fourth-order valence-corrected chi connectivity index (χ4v) is 3.35. The van der Waals surface area contributed by atoms with Crippen LogP contribution in [-0.4, -0.2) is 12.5 Å². The second-order valence-corrected chi connectivity index (χ2v) is 7.80. The number of nitrogens with one attached hydrogen (secondary N) is 1. The monoisotopic (exact) mass is 379 g/mol. The topological polar surface area (TPSA) is 29.1 Å². The van der Waals surface area contributed by atoms with Gasteiger partial charge >= 0.3 is 0 Å². The average Bonchev–Trinajstić information content (AvgIpc) is 2.65. The first-order chi connectivity index (χ1) is 12.7. The summed E-state index contributed by atoms with van der Waals surface area (Å²) in [5, 5.41) is 3.64. The molecule has 0 heterocycles. The van der Waals surface area contributed by atoms with Crippen molar-refractivity contribution in [2.45, 2.75) is 96.8 Å². The molecule has 2 nitrogen and oxygen atoms in total. The van der Waals surface area contributed by atoms with Gasteiger partial charge in [0.2, 0.25) is 0 Å². The van der Waals surface area contributed by atoms with Crippen LogP contribution >= 0.6 is 11.6 Å². The van der Waals surface area contributed by atoms with Gasteiger partial charge in [-0.2, -0.15) is 0 Å². The molecule has 1 N–H and O–H groups in total. The fourth-order valence-electron chi connectivity index (χ4n) is 3.22. The van der Waals surface area contributed by atoms with Crippen LogP contribution in [0.2, 0.25) is 5.02 Å². The highest BCUT2D eigenvalue weighted by atomic mass is 35.5. The molecule has 0 saturated heterocycles. The van der Waals surface area contributed by atoms with Gasteiger partial charge in [-0.3, -0.25) is 4.79 Å². The van der Waals surface area contributed by atoms with Crippen molar-refractivity contribution in [3.63, 3.8) is 0 Å². The third-order valence-corrected chi connectivity index (χ3v) is 5.17. The lowest BCUT2D eigenvalue weighted by Gasteiger charge is -2.06. The average molecular weight is 380 g/mol.